The Morgan fingerprint density at radius 2 is 1.88 bits per heavy atom. The van der Waals surface area contributed by atoms with Crippen molar-refractivity contribution in [3.63, 3.8) is 0 Å². The van der Waals surface area contributed by atoms with Crippen LogP contribution in [0.3, 0.4) is 0 Å². The fourth-order valence-electron chi connectivity index (χ4n) is 3.07. The number of hydrogen-bond donors (Lipinski definition) is 0. The van der Waals surface area contributed by atoms with Gasteiger partial charge in [-0.2, -0.15) is 0 Å². The summed E-state index contributed by atoms with van der Waals surface area (Å²) in [5.41, 5.74) is 1.73. The average Bonchev–Trinajstić information content (AvgIpc) is 3.48. The van der Waals surface area contributed by atoms with E-state index in [0.717, 1.165) is 22.8 Å². The number of hydrogen-bond acceptors (Lipinski definition) is 6. The third-order valence-corrected chi connectivity index (χ3v) is 5.96. The Morgan fingerprint density at radius 1 is 1.12 bits per heavy atom. The first-order valence-electron chi connectivity index (χ1n) is 9.80. The fourth-order valence-corrected chi connectivity index (χ4v) is 4.09. The lowest BCUT2D eigenvalue weighted by atomic mass is 10.2. The molecule has 4 rings (SSSR count). The molecule has 0 unspecified atom stereocenters. The van der Waals surface area contributed by atoms with Crippen molar-refractivity contribution in [3.05, 3.63) is 77.7 Å². The molecule has 0 N–H and O–H groups in total. The summed E-state index contributed by atoms with van der Waals surface area (Å²) in [6.45, 7) is 0.410. The number of carbonyl (C=O) groups is 1. The molecule has 0 fully saturated rings. The molecule has 0 radical (unpaired) electrons. The average molecular weight is 469 g/mol. The normalized spacial score (nSPS) is 10.8. The SMILES string of the molecule is COc1ccc(-c2nnc(SCC(=O)N(C)Cc3ccco3)n2-c2ccc(Cl)cc2)cc1. The van der Waals surface area contributed by atoms with Gasteiger partial charge in [-0.1, -0.05) is 23.4 Å². The number of carbonyl (C=O) groups excluding carboxylic acids is 1. The van der Waals surface area contributed by atoms with E-state index >= 15 is 0 Å². The standard InChI is InChI=1S/C23H21ClN4O3S/c1-27(14-20-4-3-13-31-20)21(29)15-32-23-26-25-22(16-5-11-19(30-2)12-6-16)28(23)18-9-7-17(24)8-10-18/h3-13H,14-15H2,1-2H3. The maximum Gasteiger partial charge on any atom is 0.233 e. The summed E-state index contributed by atoms with van der Waals surface area (Å²) in [5.74, 6) is 2.32. The molecule has 0 aliphatic rings. The molecule has 0 saturated heterocycles. The van der Waals surface area contributed by atoms with Gasteiger partial charge in [0, 0.05) is 23.3 Å². The molecule has 9 heteroatoms. The van der Waals surface area contributed by atoms with Crippen molar-refractivity contribution in [3.8, 4) is 22.8 Å². The van der Waals surface area contributed by atoms with Gasteiger partial charge in [0.15, 0.2) is 11.0 Å². The zero-order valence-electron chi connectivity index (χ0n) is 17.6. The first-order chi connectivity index (χ1) is 15.5. The highest BCUT2D eigenvalue weighted by molar-refractivity contribution is 7.99. The topological polar surface area (TPSA) is 73.4 Å². The van der Waals surface area contributed by atoms with Crippen molar-refractivity contribution in [1.82, 2.24) is 19.7 Å². The van der Waals surface area contributed by atoms with Gasteiger partial charge < -0.3 is 14.1 Å². The second-order valence-corrected chi connectivity index (χ2v) is 8.34. The lowest BCUT2D eigenvalue weighted by Gasteiger charge is -2.15. The smallest absolute Gasteiger partial charge is 0.233 e. The second kappa shape index (κ2) is 9.93. The van der Waals surface area contributed by atoms with Gasteiger partial charge in [-0.05, 0) is 60.7 Å². The molecule has 1 amide bonds. The monoisotopic (exact) mass is 468 g/mol. The van der Waals surface area contributed by atoms with Crippen LogP contribution in [0.2, 0.25) is 5.02 Å². The highest BCUT2D eigenvalue weighted by atomic mass is 35.5. The third-order valence-electron chi connectivity index (χ3n) is 4.79. The molecule has 4 aromatic rings. The van der Waals surface area contributed by atoms with Crippen molar-refractivity contribution >= 4 is 29.3 Å². The van der Waals surface area contributed by atoms with E-state index in [1.165, 1.54) is 11.8 Å². The number of furan rings is 1. The predicted octanol–water partition coefficient (Wildman–Crippen LogP) is 4.94. The number of rotatable bonds is 8. The first kappa shape index (κ1) is 22.0. The maximum absolute atomic E-state index is 12.7. The molecule has 0 aliphatic heterocycles. The van der Waals surface area contributed by atoms with Crippen molar-refractivity contribution in [2.24, 2.45) is 0 Å². The van der Waals surface area contributed by atoms with Crippen LogP contribution < -0.4 is 4.74 Å². The largest absolute Gasteiger partial charge is 0.497 e. The molecule has 0 bridgehead atoms. The van der Waals surface area contributed by atoms with Crippen LogP contribution in [0, 0.1) is 0 Å². The number of amides is 1. The van der Waals surface area contributed by atoms with Gasteiger partial charge in [0.05, 0.1) is 25.7 Å². The summed E-state index contributed by atoms with van der Waals surface area (Å²) in [5, 5.41) is 10.0. The van der Waals surface area contributed by atoms with E-state index in [-0.39, 0.29) is 11.7 Å². The minimum absolute atomic E-state index is 0.0388. The second-order valence-electron chi connectivity index (χ2n) is 6.96. The van der Waals surface area contributed by atoms with Gasteiger partial charge in [0.25, 0.3) is 0 Å². The number of nitrogens with zero attached hydrogens (tertiary/aromatic N) is 4. The Balaban J connectivity index is 1.59. The summed E-state index contributed by atoms with van der Waals surface area (Å²) in [4.78, 5) is 14.3. The van der Waals surface area contributed by atoms with E-state index in [2.05, 4.69) is 10.2 Å². The molecular weight excluding hydrogens is 448 g/mol. The molecule has 0 atom stereocenters. The number of halogens is 1. The van der Waals surface area contributed by atoms with Crippen molar-refractivity contribution in [2.75, 3.05) is 19.9 Å². The van der Waals surface area contributed by atoms with Crippen LogP contribution >= 0.6 is 23.4 Å². The molecule has 0 aliphatic carbocycles. The van der Waals surface area contributed by atoms with Crippen LogP contribution in [-0.2, 0) is 11.3 Å². The highest BCUT2D eigenvalue weighted by Gasteiger charge is 2.19. The molecule has 7 nitrogen and oxygen atoms in total. The summed E-state index contributed by atoms with van der Waals surface area (Å²) in [6, 6.07) is 18.6. The van der Waals surface area contributed by atoms with Crippen LogP contribution in [0.5, 0.6) is 5.75 Å². The van der Waals surface area contributed by atoms with Gasteiger partial charge in [-0.3, -0.25) is 9.36 Å². The van der Waals surface area contributed by atoms with Crippen LogP contribution in [0.15, 0.2) is 76.5 Å². The lowest BCUT2D eigenvalue weighted by molar-refractivity contribution is -0.127. The molecular formula is C23H21ClN4O3S. The molecule has 0 saturated carbocycles. The van der Waals surface area contributed by atoms with Gasteiger partial charge in [0.2, 0.25) is 5.91 Å². The molecule has 2 aromatic heterocycles. The Kier molecular flexibility index (Phi) is 6.82. The molecule has 164 valence electrons. The van der Waals surface area contributed by atoms with Gasteiger partial charge in [0.1, 0.15) is 11.5 Å². The highest BCUT2D eigenvalue weighted by Crippen LogP contribution is 2.29. The van der Waals surface area contributed by atoms with Crippen LogP contribution in [0.1, 0.15) is 5.76 Å². The first-order valence-corrected chi connectivity index (χ1v) is 11.2. The summed E-state index contributed by atoms with van der Waals surface area (Å²) >= 11 is 7.41. The van der Waals surface area contributed by atoms with E-state index in [9.17, 15) is 4.79 Å². The van der Waals surface area contributed by atoms with Crippen molar-refractivity contribution in [1.29, 1.82) is 0 Å². The summed E-state index contributed by atoms with van der Waals surface area (Å²) in [6.07, 6.45) is 1.59. The minimum Gasteiger partial charge on any atom is -0.497 e. The zero-order valence-corrected chi connectivity index (χ0v) is 19.1. The van der Waals surface area contributed by atoms with Crippen molar-refractivity contribution in [2.45, 2.75) is 11.7 Å². The van der Waals surface area contributed by atoms with E-state index in [1.54, 1.807) is 31.4 Å². The summed E-state index contributed by atoms with van der Waals surface area (Å²) in [7, 11) is 3.37. The Hall–Kier alpha value is -3.23. The minimum atomic E-state index is -0.0388. The number of aromatic nitrogens is 3. The van der Waals surface area contributed by atoms with E-state index in [0.29, 0.717) is 22.5 Å². The predicted molar refractivity (Wildman–Crippen MR) is 124 cm³/mol. The zero-order chi connectivity index (χ0) is 22.5. The number of methoxy groups -OCH3 is 1. The third kappa shape index (κ3) is 4.98. The number of benzene rings is 2. The Labute approximate surface area is 195 Å². The van der Waals surface area contributed by atoms with Crippen LogP contribution in [0.25, 0.3) is 17.1 Å². The van der Waals surface area contributed by atoms with Crippen LogP contribution in [-0.4, -0.2) is 45.5 Å². The van der Waals surface area contributed by atoms with E-state index in [4.69, 9.17) is 20.8 Å². The molecule has 2 aromatic carbocycles. The maximum atomic E-state index is 12.7. The van der Waals surface area contributed by atoms with Gasteiger partial charge >= 0.3 is 0 Å². The van der Waals surface area contributed by atoms with Gasteiger partial charge in [-0.15, -0.1) is 10.2 Å². The molecule has 2 heterocycles. The van der Waals surface area contributed by atoms with E-state index in [1.807, 2.05) is 59.2 Å². The van der Waals surface area contributed by atoms with E-state index < -0.39 is 0 Å². The quantitative estimate of drug-likeness (QED) is 0.341. The number of ether oxygens (including phenoxy) is 1. The van der Waals surface area contributed by atoms with Crippen molar-refractivity contribution < 1.29 is 13.9 Å². The van der Waals surface area contributed by atoms with Gasteiger partial charge in [-0.25, -0.2) is 0 Å². The molecule has 0 spiro atoms. The Morgan fingerprint density at radius 3 is 2.53 bits per heavy atom. The fraction of sp³-hybridized carbons (Fsp3) is 0.174. The summed E-state index contributed by atoms with van der Waals surface area (Å²) < 4.78 is 12.5. The van der Waals surface area contributed by atoms with Crippen LogP contribution in [0.4, 0.5) is 0 Å². The lowest BCUT2D eigenvalue weighted by Crippen LogP contribution is -2.27. The molecule has 32 heavy (non-hydrogen) atoms. The number of thioether (sulfide) groups is 1. The Bertz CT molecular complexity index is 1180.